The molecule has 4 nitrogen and oxygen atoms in total. The first kappa shape index (κ1) is 18.0. The van der Waals surface area contributed by atoms with Crippen LogP contribution in [0.4, 0.5) is 0 Å². The minimum absolute atomic E-state index is 0. The van der Waals surface area contributed by atoms with Crippen LogP contribution in [0.1, 0.15) is 31.4 Å². The lowest BCUT2D eigenvalue weighted by atomic mass is 9.99. The summed E-state index contributed by atoms with van der Waals surface area (Å²) in [5.41, 5.74) is 0.911. The predicted octanol–water partition coefficient (Wildman–Crippen LogP) is 2.30. The van der Waals surface area contributed by atoms with E-state index in [1.165, 1.54) is 12.8 Å². The zero-order valence-electron chi connectivity index (χ0n) is 12.5. The van der Waals surface area contributed by atoms with Gasteiger partial charge < -0.3 is 15.4 Å². The Balaban J connectivity index is 0.00000220. The molecule has 1 aromatic carbocycles. The standard InChI is InChI=1S/C16H24N2O2.ClH/c1-2-20-15(14-8-4-3-5-9-14)16(19)18-12-13-7-6-10-17-11-13;/h3-5,8-9,13,15,17H,2,6-7,10-12H2,1H3,(H,18,19);1H. The van der Waals surface area contributed by atoms with Crippen LogP contribution in [0, 0.1) is 5.92 Å². The van der Waals surface area contributed by atoms with Crippen molar-refractivity contribution in [2.24, 2.45) is 5.92 Å². The second kappa shape index (κ2) is 9.77. The molecule has 1 heterocycles. The third-order valence-electron chi connectivity index (χ3n) is 3.64. The number of halogens is 1. The molecule has 0 aliphatic carbocycles. The number of amides is 1. The Morgan fingerprint density at radius 1 is 1.43 bits per heavy atom. The molecule has 1 amide bonds. The Kier molecular flexibility index (Phi) is 8.35. The van der Waals surface area contributed by atoms with Crippen LogP contribution in [-0.2, 0) is 9.53 Å². The summed E-state index contributed by atoms with van der Waals surface area (Å²) in [5.74, 6) is 0.495. The average Bonchev–Trinajstić information content (AvgIpc) is 2.52. The van der Waals surface area contributed by atoms with Crippen LogP contribution in [0.5, 0.6) is 0 Å². The first-order valence-corrected chi connectivity index (χ1v) is 7.46. The fraction of sp³-hybridized carbons (Fsp3) is 0.562. The van der Waals surface area contributed by atoms with E-state index in [0.717, 1.165) is 25.2 Å². The minimum atomic E-state index is -0.502. The van der Waals surface area contributed by atoms with E-state index in [-0.39, 0.29) is 18.3 Å². The fourth-order valence-electron chi connectivity index (χ4n) is 2.55. The van der Waals surface area contributed by atoms with Gasteiger partial charge in [-0.05, 0) is 44.3 Å². The first-order chi connectivity index (χ1) is 9.81. The average molecular weight is 313 g/mol. The van der Waals surface area contributed by atoms with Crippen molar-refractivity contribution in [1.82, 2.24) is 10.6 Å². The van der Waals surface area contributed by atoms with Crippen molar-refractivity contribution in [2.75, 3.05) is 26.2 Å². The van der Waals surface area contributed by atoms with E-state index < -0.39 is 6.10 Å². The van der Waals surface area contributed by atoms with Crippen LogP contribution in [0.25, 0.3) is 0 Å². The topological polar surface area (TPSA) is 50.4 Å². The molecule has 0 saturated carbocycles. The number of carbonyl (C=O) groups is 1. The lowest BCUT2D eigenvalue weighted by Gasteiger charge is -2.24. The maximum atomic E-state index is 12.3. The molecule has 1 aliphatic heterocycles. The van der Waals surface area contributed by atoms with Crippen molar-refractivity contribution in [3.05, 3.63) is 35.9 Å². The van der Waals surface area contributed by atoms with E-state index in [2.05, 4.69) is 10.6 Å². The first-order valence-electron chi connectivity index (χ1n) is 7.46. The van der Waals surface area contributed by atoms with E-state index in [1.54, 1.807) is 0 Å². The Morgan fingerprint density at radius 3 is 2.81 bits per heavy atom. The molecular formula is C16H25ClN2O2. The molecule has 1 aliphatic rings. The van der Waals surface area contributed by atoms with Crippen LogP contribution in [-0.4, -0.2) is 32.1 Å². The zero-order valence-corrected chi connectivity index (χ0v) is 13.3. The van der Waals surface area contributed by atoms with Crippen molar-refractivity contribution in [1.29, 1.82) is 0 Å². The van der Waals surface area contributed by atoms with Gasteiger partial charge in [0.05, 0.1) is 0 Å². The summed E-state index contributed by atoms with van der Waals surface area (Å²) in [6.45, 7) is 5.25. The highest BCUT2D eigenvalue weighted by Gasteiger charge is 2.22. The lowest BCUT2D eigenvalue weighted by molar-refractivity contribution is -0.133. The summed E-state index contributed by atoms with van der Waals surface area (Å²) >= 11 is 0. The number of hydrogen-bond donors (Lipinski definition) is 2. The number of carbonyl (C=O) groups excluding carboxylic acids is 1. The van der Waals surface area contributed by atoms with Crippen molar-refractivity contribution in [2.45, 2.75) is 25.9 Å². The van der Waals surface area contributed by atoms with Gasteiger partial charge in [-0.1, -0.05) is 30.3 Å². The van der Waals surface area contributed by atoms with Gasteiger partial charge in [0.25, 0.3) is 5.91 Å². The van der Waals surface area contributed by atoms with Crippen LogP contribution in [0.3, 0.4) is 0 Å². The SMILES string of the molecule is CCOC(C(=O)NCC1CCCNC1)c1ccccc1.Cl. The van der Waals surface area contributed by atoms with E-state index in [9.17, 15) is 4.79 Å². The van der Waals surface area contributed by atoms with E-state index in [1.807, 2.05) is 37.3 Å². The van der Waals surface area contributed by atoms with Crippen molar-refractivity contribution in [3.63, 3.8) is 0 Å². The number of piperidine rings is 1. The van der Waals surface area contributed by atoms with Gasteiger partial charge >= 0.3 is 0 Å². The van der Waals surface area contributed by atoms with Crippen LogP contribution < -0.4 is 10.6 Å². The van der Waals surface area contributed by atoms with Crippen molar-refractivity contribution < 1.29 is 9.53 Å². The van der Waals surface area contributed by atoms with Gasteiger partial charge in [-0.15, -0.1) is 12.4 Å². The third-order valence-corrected chi connectivity index (χ3v) is 3.64. The largest absolute Gasteiger partial charge is 0.364 e. The minimum Gasteiger partial charge on any atom is -0.364 e. The molecule has 2 unspecified atom stereocenters. The molecule has 5 heteroatoms. The summed E-state index contributed by atoms with van der Waals surface area (Å²) in [6.07, 6.45) is 1.87. The smallest absolute Gasteiger partial charge is 0.253 e. The van der Waals surface area contributed by atoms with Gasteiger partial charge in [0.15, 0.2) is 6.10 Å². The molecule has 2 atom stereocenters. The number of hydrogen-bond acceptors (Lipinski definition) is 3. The molecule has 1 fully saturated rings. The maximum absolute atomic E-state index is 12.3. The monoisotopic (exact) mass is 312 g/mol. The fourth-order valence-corrected chi connectivity index (χ4v) is 2.55. The Hall–Kier alpha value is -1.10. The number of ether oxygens (including phenoxy) is 1. The summed E-state index contributed by atoms with van der Waals surface area (Å²) in [4.78, 5) is 12.3. The van der Waals surface area contributed by atoms with Crippen molar-refractivity contribution in [3.8, 4) is 0 Å². The van der Waals surface area contributed by atoms with Gasteiger partial charge in [-0.2, -0.15) is 0 Å². The Morgan fingerprint density at radius 2 is 2.19 bits per heavy atom. The van der Waals surface area contributed by atoms with Gasteiger partial charge in [0.1, 0.15) is 0 Å². The van der Waals surface area contributed by atoms with Gasteiger partial charge in [-0.3, -0.25) is 4.79 Å². The highest BCUT2D eigenvalue weighted by molar-refractivity contribution is 5.85. The highest BCUT2D eigenvalue weighted by atomic mass is 35.5. The summed E-state index contributed by atoms with van der Waals surface area (Å²) in [5, 5.41) is 6.39. The summed E-state index contributed by atoms with van der Waals surface area (Å²) in [7, 11) is 0. The lowest BCUT2D eigenvalue weighted by Crippen LogP contribution is -2.40. The van der Waals surface area contributed by atoms with Gasteiger partial charge in [0, 0.05) is 13.2 Å². The molecule has 1 saturated heterocycles. The zero-order chi connectivity index (χ0) is 14.2. The molecule has 0 bridgehead atoms. The van der Waals surface area contributed by atoms with Crippen LogP contribution in [0.15, 0.2) is 30.3 Å². The second-order valence-electron chi connectivity index (χ2n) is 5.20. The quantitative estimate of drug-likeness (QED) is 0.847. The van der Waals surface area contributed by atoms with Gasteiger partial charge in [0.2, 0.25) is 0 Å². The molecule has 1 aromatic rings. The van der Waals surface area contributed by atoms with Gasteiger partial charge in [-0.25, -0.2) is 0 Å². The van der Waals surface area contributed by atoms with E-state index in [4.69, 9.17) is 4.74 Å². The molecule has 21 heavy (non-hydrogen) atoms. The van der Waals surface area contributed by atoms with Crippen LogP contribution >= 0.6 is 12.4 Å². The van der Waals surface area contributed by atoms with E-state index >= 15 is 0 Å². The molecule has 0 aromatic heterocycles. The molecule has 0 spiro atoms. The Bertz CT molecular complexity index is 408. The van der Waals surface area contributed by atoms with Crippen LogP contribution in [0.2, 0.25) is 0 Å². The molecule has 118 valence electrons. The number of rotatable bonds is 6. The number of benzene rings is 1. The summed E-state index contributed by atoms with van der Waals surface area (Å²) in [6, 6.07) is 9.67. The third kappa shape index (κ3) is 5.65. The molecule has 2 N–H and O–H groups in total. The van der Waals surface area contributed by atoms with Crippen molar-refractivity contribution >= 4 is 18.3 Å². The summed E-state index contributed by atoms with van der Waals surface area (Å²) < 4.78 is 5.60. The molecular weight excluding hydrogens is 288 g/mol. The highest BCUT2D eigenvalue weighted by Crippen LogP contribution is 2.17. The molecule has 2 rings (SSSR count). The maximum Gasteiger partial charge on any atom is 0.253 e. The Labute approximate surface area is 133 Å². The normalized spacial score (nSPS) is 19.4. The predicted molar refractivity (Wildman–Crippen MR) is 86.7 cm³/mol. The molecule has 0 radical (unpaired) electrons. The number of nitrogens with one attached hydrogen (secondary N) is 2. The van der Waals surface area contributed by atoms with E-state index in [0.29, 0.717) is 12.5 Å². The second-order valence-corrected chi connectivity index (χ2v) is 5.20.